The van der Waals surface area contributed by atoms with Gasteiger partial charge < -0.3 is 15.4 Å². The van der Waals surface area contributed by atoms with Crippen molar-refractivity contribution in [3.8, 4) is 0 Å². The molecule has 3 N–H and O–H groups in total. The lowest BCUT2D eigenvalue weighted by atomic mass is 10.1. The predicted octanol–water partition coefficient (Wildman–Crippen LogP) is 2.64. The van der Waals surface area contributed by atoms with E-state index in [0.29, 0.717) is 19.4 Å². The standard InChI is InChI=1S/C17H22N2O3/c1-11-3-5-15-14(7-11)13(10-18-15)4-6-16(20)19-9-12(2)8-17(21)22/h3,5,7,10,12,18H,4,6,8-9H2,1-2H3,(H,19,20)(H,21,22). The largest absolute Gasteiger partial charge is 0.481 e. The maximum absolute atomic E-state index is 11.9. The van der Waals surface area contributed by atoms with E-state index in [-0.39, 0.29) is 18.2 Å². The van der Waals surface area contributed by atoms with Crippen LogP contribution in [0.1, 0.15) is 30.9 Å². The summed E-state index contributed by atoms with van der Waals surface area (Å²) in [6.07, 6.45) is 3.09. The van der Waals surface area contributed by atoms with Gasteiger partial charge in [-0.2, -0.15) is 0 Å². The van der Waals surface area contributed by atoms with Crippen molar-refractivity contribution in [1.29, 1.82) is 0 Å². The summed E-state index contributed by atoms with van der Waals surface area (Å²) in [5.74, 6) is -0.938. The van der Waals surface area contributed by atoms with Gasteiger partial charge in [-0.15, -0.1) is 0 Å². The van der Waals surface area contributed by atoms with E-state index in [4.69, 9.17) is 5.11 Å². The number of amides is 1. The van der Waals surface area contributed by atoms with Crippen LogP contribution >= 0.6 is 0 Å². The van der Waals surface area contributed by atoms with Crippen molar-refractivity contribution in [2.45, 2.75) is 33.1 Å². The van der Waals surface area contributed by atoms with E-state index in [2.05, 4.69) is 22.4 Å². The molecule has 1 heterocycles. The molecule has 5 nitrogen and oxygen atoms in total. The molecule has 22 heavy (non-hydrogen) atoms. The summed E-state index contributed by atoms with van der Waals surface area (Å²) in [7, 11) is 0. The van der Waals surface area contributed by atoms with Gasteiger partial charge in [0.1, 0.15) is 0 Å². The summed E-state index contributed by atoms with van der Waals surface area (Å²) in [5, 5.41) is 12.6. The Balaban J connectivity index is 1.85. The van der Waals surface area contributed by atoms with Gasteiger partial charge in [-0.25, -0.2) is 0 Å². The highest BCUT2D eigenvalue weighted by Crippen LogP contribution is 2.20. The molecule has 1 aromatic carbocycles. The molecule has 0 radical (unpaired) electrons. The molecule has 1 aromatic heterocycles. The fourth-order valence-electron chi connectivity index (χ4n) is 2.49. The fourth-order valence-corrected chi connectivity index (χ4v) is 2.49. The number of benzene rings is 1. The van der Waals surface area contributed by atoms with Gasteiger partial charge in [-0.1, -0.05) is 18.6 Å². The third kappa shape index (κ3) is 4.35. The van der Waals surface area contributed by atoms with E-state index in [1.165, 1.54) is 5.56 Å². The van der Waals surface area contributed by atoms with Crippen molar-refractivity contribution in [2.24, 2.45) is 5.92 Å². The first-order valence-electron chi connectivity index (χ1n) is 7.51. The molecule has 0 aliphatic carbocycles. The van der Waals surface area contributed by atoms with Crippen molar-refractivity contribution >= 4 is 22.8 Å². The Hall–Kier alpha value is -2.30. The van der Waals surface area contributed by atoms with Crippen LogP contribution in [0.2, 0.25) is 0 Å². The highest BCUT2D eigenvalue weighted by molar-refractivity contribution is 5.84. The first kappa shape index (κ1) is 16.1. The summed E-state index contributed by atoms with van der Waals surface area (Å²) in [5.41, 5.74) is 3.41. The summed E-state index contributed by atoms with van der Waals surface area (Å²) >= 11 is 0. The van der Waals surface area contributed by atoms with Gasteiger partial charge in [0.15, 0.2) is 0 Å². The van der Waals surface area contributed by atoms with Crippen LogP contribution in [0.25, 0.3) is 10.9 Å². The van der Waals surface area contributed by atoms with Crippen LogP contribution in [0.15, 0.2) is 24.4 Å². The highest BCUT2D eigenvalue weighted by atomic mass is 16.4. The Morgan fingerprint density at radius 3 is 2.86 bits per heavy atom. The molecule has 1 amide bonds. The lowest BCUT2D eigenvalue weighted by Gasteiger charge is -2.10. The fraction of sp³-hybridized carbons (Fsp3) is 0.412. The van der Waals surface area contributed by atoms with Gasteiger partial charge >= 0.3 is 5.97 Å². The number of carbonyl (C=O) groups is 2. The highest BCUT2D eigenvalue weighted by Gasteiger charge is 2.10. The number of carbonyl (C=O) groups excluding carboxylic acids is 1. The summed E-state index contributed by atoms with van der Waals surface area (Å²) < 4.78 is 0. The zero-order valence-corrected chi connectivity index (χ0v) is 13.0. The average molecular weight is 302 g/mol. The minimum Gasteiger partial charge on any atom is -0.481 e. The van der Waals surface area contributed by atoms with E-state index in [1.54, 1.807) is 0 Å². The first-order chi connectivity index (χ1) is 10.5. The minimum absolute atomic E-state index is 0.0424. The molecule has 0 spiro atoms. The molecular formula is C17H22N2O3. The van der Waals surface area contributed by atoms with E-state index >= 15 is 0 Å². The second-order valence-electron chi connectivity index (χ2n) is 5.87. The number of carboxylic acid groups (broad SMARTS) is 1. The monoisotopic (exact) mass is 302 g/mol. The van der Waals surface area contributed by atoms with Gasteiger partial charge in [0, 0.05) is 36.5 Å². The molecule has 2 rings (SSSR count). The quantitative estimate of drug-likeness (QED) is 0.735. The summed E-state index contributed by atoms with van der Waals surface area (Å²) in [6.45, 7) is 4.27. The van der Waals surface area contributed by atoms with Gasteiger partial charge in [0.25, 0.3) is 0 Å². The maximum Gasteiger partial charge on any atom is 0.303 e. The molecular weight excluding hydrogens is 280 g/mol. The Kier molecular flexibility index (Phi) is 5.20. The van der Waals surface area contributed by atoms with Gasteiger partial charge in [0.05, 0.1) is 0 Å². The number of carboxylic acids is 1. The second-order valence-corrected chi connectivity index (χ2v) is 5.87. The van der Waals surface area contributed by atoms with Crippen molar-refractivity contribution in [2.75, 3.05) is 6.54 Å². The average Bonchev–Trinajstić information content (AvgIpc) is 2.84. The van der Waals surface area contributed by atoms with Crippen molar-refractivity contribution in [3.05, 3.63) is 35.5 Å². The second kappa shape index (κ2) is 7.11. The van der Waals surface area contributed by atoms with Gasteiger partial charge in [-0.05, 0) is 37.0 Å². The molecule has 118 valence electrons. The predicted molar refractivity (Wildman–Crippen MR) is 85.8 cm³/mol. The topological polar surface area (TPSA) is 82.2 Å². The van der Waals surface area contributed by atoms with Crippen molar-refractivity contribution < 1.29 is 14.7 Å². The number of aromatic amines is 1. The molecule has 0 aliphatic rings. The van der Waals surface area contributed by atoms with Crippen molar-refractivity contribution in [1.82, 2.24) is 10.3 Å². The first-order valence-corrected chi connectivity index (χ1v) is 7.51. The number of H-pyrrole nitrogens is 1. The molecule has 5 heteroatoms. The third-order valence-electron chi connectivity index (χ3n) is 3.72. The number of hydrogen-bond acceptors (Lipinski definition) is 2. The van der Waals surface area contributed by atoms with E-state index in [0.717, 1.165) is 16.5 Å². The number of nitrogens with one attached hydrogen (secondary N) is 2. The van der Waals surface area contributed by atoms with E-state index < -0.39 is 5.97 Å². The Morgan fingerprint density at radius 2 is 2.14 bits per heavy atom. The molecule has 0 saturated heterocycles. The van der Waals surface area contributed by atoms with Gasteiger partial charge in [0.2, 0.25) is 5.91 Å². The maximum atomic E-state index is 11.9. The van der Waals surface area contributed by atoms with Crippen LogP contribution in [0.4, 0.5) is 0 Å². The molecule has 0 saturated carbocycles. The molecule has 2 aromatic rings. The Bertz CT molecular complexity index is 676. The minimum atomic E-state index is -0.837. The smallest absolute Gasteiger partial charge is 0.303 e. The third-order valence-corrected chi connectivity index (χ3v) is 3.72. The number of hydrogen-bond donors (Lipinski definition) is 3. The normalized spacial score (nSPS) is 12.3. The number of rotatable bonds is 7. The van der Waals surface area contributed by atoms with Crippen LogP contribution in [0, 0.1) is 12.8 Å². The zero-order chi connectivity index (χ0) is 16.1. The van der Waals surface area contributed by atoms with Crippen LogP contribution in [-0.2, 0) is 16.0 Å². The molecule has 1 unspecified atom stereocenters. The SMILES string of the molecule is Cc1ccc2[nH]cc(CCC(=O)NCC(C)CC(=O)O)c2c1. The van der Waals surface area contributed by atoms with Crippen LogP contribution < -0.4 is 5.32 Å². The number of aryl methyl sites for hydroxylation is 2. The molecule has 0 bridgehead atoms. The number of fused-ring (bicyclic) bond motifs is 1. The van der Waals surface area contributed by atoms with E-state index in [9.17, 15) is 9.59 Å². The Morgan fingerprint density at radius 1 is 1.36 bits per heavy atom. The molecule has 1 atom stereocenters. The lowest BCUT2D eigenvalue weighted by Crippen LogP contribution is -2.29. The number of aromatic nitrogens is 1. The van der Waals surface area contributed by atoms with E-state index in [1.807, 2.05) is 26.1 Å². The summed E-state index contributed by atoms with van der Waals surface area (Å²) in [6, 6.07) is 6.22. The van der Waals surface area contributed by atoms with Crippen LogP contribution in [-0.4, -0.2) is 28.5 Å². The molecule has 0 aliphatic heterocycles. The Labute approximate surface area is 129 Å². The summed E-state index contributed by atoms with van der Waals surface area (Å²) in [4.78, 5) is 25.6. The van der Waals surface area contributed by atoms with Gasteiger partial charge in [-0.3, -0.25) is 9.59 Å². The number of aliphatic carboxylic acids is 1. The zero-order valence-electron chi connectivity index (χ0n) is 13.0. The van der Waals surface area contributed by atoms with Crippen molar-refractivity contribution in [3.63, 3.8) is 0 Å². The molecule has 0 fully saturated rings. The van der Waals surface area contributed by atoms with Crippen LogP contribution in [0.5, 0.6) is 0 Å². The van der Waals surface area contributed by atoms with Crippen LogP contribution in [0.3, 0.4) is 0 Å². The lowest BCUT2D eigenvalue weighted by molar-refractivity contribution is -0.138.